The van der Waals surface area contributed by atoms with Crippen molar-refractivity contribution in [2.75, 3.05) is 0 Å². The Morgan fingerprint density at radius 3 is 1.43 bits per heavy atom. The monoisotopic (exact) mass is 176 g/mol. The Hall–Kier alpha value is 0.453. The third-order valence-corrected chi connectivity index (χ3v) is 0.667. The predicted molar refractivity (Wildman–Crippen MR) is 12.2 cm³/mol. The molecule has 0 aromatic carbocycles. The Labute approximate surface area is 52.5 Å². The minimum Gasteiger partial charge on any atom is -0.164 e. The average Bonchev–Trinajstić information content (AvgIpc) is 1.32. The van der Waals surface area contributed by atoms with Gasteiger partial charge in [0, 0.05) is 19.5 Å². The number of hydrogen-bond donors (Lipinski definition) is 0. The maximum Gasteiger partial charge on any atom is 0.457 e. The molecule has 0 radical (unpaired) electrons. The van der Waals surface area contributed by atoms with Gasteiger partial charge in [-0.2, -0.15) is 8.42 Å². The van der Waals surface area contributed by atoms with Crippen LogP contribution < -0.4 is 0 Å². The molecule has 0 aromatic heterocycles. The first-order valence-corrected chi connectivity index (χ1v) is 2.33. The molecule has 38 valence electrons. The maximum atomic E-state index is 9.52. The molecule has 1 saturated heterocycles. The molecule has 0 aliphatic carbocycles. The fourth-order valence-electron chi connectivity index (χ4n) is 0.0731. The molecular weight excluding hydrogens is 177 g/mol. The second-order valence-corrected chi connectivity index (χ2v) is 1.70. The van der Waals surface area contributed by atoms with Gasteiger partial charge in [0.25, 0.3) is 0 Å². The summed E-state index contributed by atoms with van der Waals surface area (Å²) >= 11 is 0. The first kappa shape index (κ1) is 7.45. The zero-order chi connectivity index (χ0) is 4.62. The van der Waals surface area contributed by atoms with Gasteiger partial charge in [-0.25, -0.2) is 0 Å². The molecule has 0 amide bonds. The van der Waals surface area contributed by atoms with Crippen LogP contribution in [0.15, 0.2) is 0 Å². The van der Waals surface area contributed by atoms with E-state index >= 15 is 0 Å². The SMILES string of the molecule is O=S1(=O)OOO1.[Zn]. The standard InChI is InChI=1S/O5S.Zn/c1-6(2)4-3-5-6;. The number of hydrogen-bond acceptors (Lipinski definition) is 5. The van der Waals surface area contributed by atoms with Crippen molar-refractivity contribution in [1.82, 2.24) is 0 Å². The van der Waals surface area contributed by atoms with E-state index in [9.17, 15) is 8.42 Å². The molecule has 0 spiro atoms. The summed E-state index contributed by atoms with van der Waals surface area (Å²) in [5, 5.41) is 3.35. The first-order valence-electron chi connectivity index (χ1n) is 1.00. The molecule has 5 nitrogen and oxygen atoms in total. The van der Waals surface area contributed by atoms with Crippen LogP contribution in [0.1, 0.15) is 0 Å². The summed E-state index contributed by atoms with van der Waals surface area (Å²) in [4.78, 5) is 0. The van der Waals surface area contributed by atoms with E-state index in [2.05, 4.69) is 13.7 Å². The third-order valence-electron chi connectivity index (χ3n) is 0.222. The summed E-state index contributed by atoms with van der Waals surface area (Å²) in [6.45, 7) is 0. The van der Waals surface area contributed by atoms with Gasteiger partial charge in [0.1, 0.15) is 0 Å². The van der Waals surface area contributed by atoms with Crippen molar-refractivity contribution >= 4 is 10.4 Å². The van der Waals surface area contributed by atoms with E-state index in [0.717, 1.165) is 0 Å². The smallest absolute Gasteiger partial charge is 0.164 e. The van der Waals surface area contributed by atoms with Crippen LogP contribution in [0.25, 0.3) is 0 Å². The topological polar surface area (TPSA) is 61.8 Å². The van der Waals surface area contributed by atoms with Gasteiger partial charge in [0.05, 0.1) is 0 Å². The molecule has 7 heavy (non-hydrogen) atoms. The van der Waals surface area contributed by atoms with Gasteiger partial charge < -0.3 is 0 Å². The number of rotatable bonds is 0. The summed E-state index contributed by atoms with van der Waals surface area (Å²) in [7, 11) is -3.70. The van der Waals surface area contributed by atoms with Crippen molar-refractivity contribution in [1.29, 1.82) is 0 Å². The van der Waals surface area contributed by atoms with Crippen LogP contribution >= 0.6 is 0 Å². The van der Waals surface area contributed by atoms with E-state index in [4.69, 9.17) is 0 Å². The van der Waals surface area contributed by atoms with Gasteiger partial charge in [0.15, 0.2) is 0 Å². The molecule has 0 aromatic rings. The minimum absolute atomic E-state index is 0. The summed E-state index contributed by atoms with van der Waals surface area (Å²) in [6, 6.07) is 0. The molecule has 1 rings (SSSR count). The maximum absolute atomic E-state index is 9.52. The fraction of sp³-hybridized carbons (Fsp3) is 0. The van der Waals surface area contributed by atoms with Crippen LogP contribution in [-0.2, 0) is 43.6 Å². The van der Waals surface area contributed by atoms with E-state index in [0.29, 0.717) is 0 Å². The van der Waals surface area contributed by atoms with Crippen LogP contribution in [-0.4, -0.2) is 8.42 Å². The van der Waals surface area contributed by atoms with Crippen molar-refractivity contribution in [3.63, 3.8) is 0 Å². The van der Waals surface area contributed by atoms with Gasteiger partial charge in [-0.05, 0) is 13.7 Å². The van der Waals surface area contributed by atoms with Crippen molar-refractivity contribution in [2.45, 2.75) is 0 Å². The van der Waals surface area contributed by atoms with Crippen molar-refractivity contribution in [3.8, 4) is 0 Å². The molecule has 0 saturated carbocycles. The first-order chi connectivity index (χ1) is 2.71. The Morgan fingerprint density at radius 2 is 1.43 bits per heavy atom. The zero-order valence-electron chi connectivity index (χ0n) is 3.16. The Bertz CT molecular complexity index is 122. The van der Waals surface area contributed by atoms with Crippen LogP contribution in [0, 0.1) is 0 Å². The minimum atomic E-state index is -3.70. The molecular formula is O5SZn. The molecule has 1 aliphatic rings. The van der Waals surface area contributed by atoms with Crippen molar-refractivity contribution in [3.05, 3.63) is 0 Å². The molecule has 1 fully saturated rings. The molecule has 1 heterocycles. The van der Waals surface area contributed by atoms with Crippen LogP contribution in [0.4, 0.5) is 0 Å². The summed E-state index contributed by atoms with van der Waals surface area (Å²) in [5.74, 6) is 0. The summed E-state index contributed by atoms with van der Waals surface area (Å²) < 4.78 is 25.8. The normalized spacial score (nSPS) is 24.6. The van der Waals surface area contributed by atoms with E-state index in [1.807, 2.05) is 0 Å². The largest absolute Gasteiger partial charge is 0.457 e. The van der Waals surface area contributed by atoms with Crippen molar-refractivity contribution in [2.24, 2.45) is 0 Å². The second kappa shape index (κ2) is 2.15. The third kappa shape index (κ3) is 1.79. The van der Waals surface area contributed by atoms with Crippen molar-refractivity contribution < 1.29 is 41.6 Å². The molecule has 1 aliphatic heterocycles. The van der Waals surface area contributed by atoms with Gasteiger partial charge in [-0.15, -0.1) is 0 Å². The van der Waals surface area contributed by atoms with Gasteiger partial charge >= 0.3 is 10.4 Å². The molecule has 0 N–H and O–H groups in total. The van der Waals surface area contributed by atoms with Gasteiger partial charge in [-0.1, -0.05) is 0 Å². The molecule has 0 unspecified atom stereocenters. The Balaban J connectivity index is 0.000000360. The van der Waals surface area contributed by atoms with Crippen LogP contribution in [0.3, 0.4) is 0 Å². The molecule has 0 atom stereocenters. The Morgan fingerprint density at radius 1 is 1.14 bits per heavy atom. The predicted octanol–water partition coefficient (Wildman–Crippen LogP) is -0.878. The van der Waals surface area contributed by atoms with Gasteiger partial charge in [0.2, 0.25) is 0 Å². The van der Waals surface area contributed by atoms with E-state index < -0.39 is 10.4 Å². The Kier molecular flexibility index (Phi) is 2.29. The van der Waals surface area contributed by atoms with E-state index in [1.165, 1.54) is 0 Å². The van der Waals surface area contributed by atoms with Gasteiger partial charge in [-0.3, -0.25) is 0 Å². The molecule has 0 bridgehead atoms. The second-order valence-electron chi connectivity index (χ2n) is 0.612. The zero-order valence-corrected chi connectivity index (χ0v) is 6.94. The quantitative estimate of drug-likeness (QED) is 0.355. The van der Waals surface area contributed by atoms with E-state index in [-0.39, 0.29) is 19.5 Å². The van der Waals surface area contributed by atoms with Crippen LogP contribution in [0.5, 0.6) is 0 Å². The fourth-order valence-corrected chi connectivity index (χ4v) is 0.219. The van der Waals surface area contributed by atoms with Crippen LogP contribution in [0.2, 0.25) is 0 Å². The average molecular weight is 177 g/mol. The summed E-state index contributed by atoms with van der Waals surface area (Å²) in [5.41, 5.74) is 0. The van der Waals surface area contributed by atoms with E-state index in [1.54, 1.807) is 0 Å². The summed E-state index contributed by atoms with van der Waals surface area (Å²) in [6.07, 6.45) is 0. The molecule has 7 heteroatoms.